The van der Waals surface area contributed by atoms with Gasteiger partial charge in [-0.3, -0.25) is 9.59 Å². The van der Waals surface area contributed by atoms with Gasteiger partial charge in [-0.15, -0.1) is 0 Å². The molecule has 0 bridgehead atoms. The van der Waals surface area contributed by atoms with Crippen LogP contribution in [0.15, 0.2) is 0 Å². The lowest BCUT2D eigenvalue weighted by Gasteiger charge is -2.27. The first-order valence-electron chi connectivity index (χ1n) is 5.60. The van der Waals surface area contributed by atoms with Crippen LogP contribution in [0.4, 0.5) is 0 Å². The van der Waals surface area contributed by atoms with E-state index in [0.717, 1.165) is 25.9 Å². The second kappa shape index (κ2) is 5.85. The highest BCUT2D eigenvalue weighted by molar-refractivity contribution is 5.88. The number of nitrogens with zero attached hydrogens (tertiary/aromatic N) is 1. The monoisotopic (exact) mass is 212 g/mol. The Morgan fingerprint density at radius 1 is 1.27 bits per heavy atom. The third-order valence-electron chi connectivity index (χ3n) is 2.93. The number of nitrogens with one attached hydrogen (secondary N) is 1. The van der Waals surface area contributed by atoms with Crippen LogP contribution in [0.25, 0.3) is 0 Å². The molecule has 86 valence electrons. The average molecular weight is 212 g/mol. The van der Waals surface area contributed by atoms with Gasteiger partial charge in [0.15, 0.2) is 0 Å². The normalized spacial score (nSPS) is 18.7. The second-order valence-corrected chi connectivity index (χ2v) is 4.10. The van der Waals surface area contributed by atoms with Gasteiger partial charge in [-0.25, -0.2) is 0 Å². The molecule has 15 heavy (non-hydrogen) atoms. The summed E-state index contributed by atoms with van der Waals surface area (Å²) in [5, 5.41) is 2.87. The first kappa shape index (κ1) is 12.2. The fourth-order valence-corrected chi connectivity index (χ4v) is 1.90. The molecule has 4 heteroatoms. The van der Waals surface area contributed by atoms with Crippen LogP contribution in [0.1, 0.15) is 32.6 Å². The number of likely N-dealkylation sites (N-methyl/N-ethyl adjacent to an activating group) is 1. The number of piperidine rings is 1. The van der Waals surface area contributed by atoms with E-state index in [9.17, 15) is 9.59 Å². The van der Waals surface area contributed by atoms with Crippen molar-refractivity contribution < 1.29 is 9.59 Å². The minimum absolute atomic E-state index is 0.0304. The van der Waals surface area contributed by atoms with E-state index in [-0.39, 0.29) is 17.7 Å². The number of carbonyl (C=O) groups is 2. The molecule has 4 nitrogen and oxygen atoms in total. The van der Waals surface area contributed by atoms with Crippen LogP contribution in [0.5, 0.6) is 0 Å². The van der Waals surface area contributed by atoms with Crippen molar-refractivity contribution in [2.24, 2.45) is 0 Å². The van der Waals surface area contributed by atoms with Gasteiger partial charge < -0.3 is 10.2 Å². The Balaban J connectivity index is 2.42. The van der Waals surface area contributed by atoms with E-state index < -0.39 is 0 Å². The summed E-state index contributed by atoms with van der Waals surface area (Å²) in [5.41, 5.74) is 0. The first-order valence-corrected chi connectivity index (χ1v) is 5.60. The van der Waals surface area contributed by atoms with Crippen molar-refractivity contribution in [3.63, 3.8) is 0 Å². The highest BCUT2D eigenvalue weighted by Crippen LogP contribution is 2.10. The number of amides is 1. The maximum absolute atomic E-state index is 11.8. The Hall–Kier alpha value is -0.900. The smallest absolute Gasteiger partial charge is 0.224 e. The molecular weight excluding hydrogens is 192 g/mol. The van der Waals surface area contributed by atoms with E-state index in [1.54, 1.807) is 7.05 Å². The van der Waals surface area contributed by atoms with Gasteiger partial charge in [0.1, 0.15) is 5.78 Å². The van der Waals surface area contributed by atoms with Gasteiger partial charge in [-0.2, -0.15) is 0 Å². The van der Waals surface area contributed by atoms with Crippen molar-refractivity contribution in [2.75, 3.05) is 20.1 Å². The molecule has 1 amide bonds. The minimum atomic E-state index is -0.320. The van der Waals surface area contributed by atoms with Crippen LogP contribution in [0.3, 0.4) is 0 Å². The minimum Gasteiger partial charge on any atom is -0.343 e. The van der Waals surface area contributed by atoms with Gasteiger partial charge in [0.2, 0.25) is 5.91 Å². The van der Waals surface area contributed by atoms with Gasteiger partial charge in [-0.05, 0) is 33.2 Å². The second-order valence-electron chi connectivity index (χ2n) is 4.10. The van der Waals surface area contributed by atoms with Crippen molar-refractivity contribution in [2.45, 2.75) is 38.6 Å². The van der Waals surface area contributed by atoms with Crippen LogP contribution in [0.2, 0.25) is 0 Å². The Morgan fingerprint density at radius 3 is 2.33 bits per heavy atom. The number of rotatable bonds is 4. The Morgan fingerprint density at radius 2 is 1.87 bits per heavy atom. The van der Waals surface area contributed by atoms with Gasteiger partial charge in [-0.1, -0.05) is 0 Å². The molecule has 0 aliphatic carbocycles. The Bertz CT molecular complexity index is 235. The predicted octanol–water partition coefficient (Wildman–Crippen LogP) is 0.566. The zero-order valence-electron chi connectivity index (χ0n) is 9.58. The molecule has 0 aromatic rings. The number of hydrogen-bond acceptors (Lipinski definition) is 3. The van der Waals surface area contributed by atoms with Gasteiger partial charge in [0.05, 0.1) is 6.04 Å². The van der Waals surface area contributed by atoms with E-state index in [1.807, 2.05) is 4.90 Å². The summed E-state index contributed by atoms with van der Waals surface area (Å²) in [4.78, 5) is 24.8. The summed E-state index contributed by atoms with van der Waals surface area (Å²) < 4.78 is 0. The van der Waals surface area contributed by atoms with Crippen molar-refractivity contribution in [1.29, 1.82) is 0 Å². The van der Waals surface area contributed by atoms with E-state index >= 15 is 0 Å². The predicted molar refractivity (Wildman–Crippen MR) is 58.6 cm³/mol. The summed E-state index contributed by atoms with van der Waals surface area (Å²) >= 11 is 0. The van der Waals surface area contributed by atoms with Crippen molar-refractivity contribution in [3.05, 3.63) is 0 Å². The highest BCUT2D eigenvalue weighted by atomic mass is 16.2. The van der Waals surface area contributed by atoms with Crippen LogP contribution >= 0.6 is 0 Å². The number of likely N-dealkylation sites (tertiary alicyclic amines) is 1. The number of carbonyl (C=O) groups excluding carboxylic acids is 2. The Labute approximate surface area is 91.0 Å². The summed E-state index contributed by atoms with van der Waals surface area (Å²) in [5.74, 6) is 0.132. The summed E-state index contributed by atoms with van der Waals surface area (Å²) in [6.07, 6.45) is 3.70. The molecule has 1 aliphatic heterocycles. The molecule has 1 atom stereocenters. The highest BCUT2D eigenvalue weighted by Gasteiger charge is 2.21. The summed E-state index contributed by atoms with van der Waals surface area (Å²) in [7, 11) is 1.72. The fraction of sp³-hybridized carbons (Fsp3) is 0.818. The number of ketones is 1. The lowest BCUT2D eigenvalue weighted by Crippen LogP contribution is -2.42. The molecule has 0 radical (unpaired) electrons. The maximum Gasteiger partial charge on any atom is 0.224 e. The van der Waals surface area contributed by atoms with Crippen LogP contribution in [0, 0.1) is 0 Å². The van der Waals surface area contributed by atoms with Crippen molar-refractivity contribution in [3.8, 4) is 0 Å². The molecule has 1 saturated heterocycles. The summed E-state index contributed by atoms with van der Waals surface area (Å²) in [6, 6.07) is -0.320. The lowest BCUT2D eigenvalue weighted by atomic mass is 10.1. The molecule has 1 rings (SSSR count). The van der Waals surface area contributed by atoms with Crippen molar-refractivity contribution >= 4 is 11.7 Å². The van der Waals surface area contributed by atoms with Crippen LogP contribution in [-0.4, -0.2) is 42.8 Å². The van der Waals surface area contributed by atoms with Gasteiger partial charge >= 0.3 is 0 Å². The molecule has 1 aliphatic rings. The molecule has 0 spiro atoms. The quantitative estimate of drug-likeness (QED) is 0.741. The van der Waals surface area contributed by atoms with E-state index in [0.29, 0.717) is 6.42 Å². The van der Waals surface area contributed by atoms with Crippen LogP contribution < -0.4 is 5.32 Å². The topological polar surface area (TPSA) is 49.4 Å². The van der Waals surface area contributed by atoms with E-state index in [2.05, 4.69) is 5.32 Å². The van der Waals surface area contributed by atoms with E-state index in [4.69, 9.17) is 0 Å². The molecule has 1 N–H and O–H groups in total. The molecule has 0 aromatic carbocycles. The van der Waals surface area contributed by atoms with E-state index in [1.165, 1.54) is 13.3 Å². The third-order valence-corrected chi connectivity index (χ3v) is 2.93. The van der Waals surface area contributed by atoms with Crippen LogP contribution in [-0.2, 0) is 9.59 Å². The standard InChI is InChI=1S/C11H20N2O2/c1-9(14)10(12-2)8-11(15)13-6-4-3-5-7-13/h10,12H,3-8H2,1-2H3/t10-/m0/s1. The van der Waals surface area contributed by atoms with Gasteiger partial charge in [0.25, 0.3) is 0 Å². The first-order chi connectivity index (χ1) is 7.15. The van der Waals surface area contributed by atoms with Gasteiger partial charge in [0, 0.05) is 19.5 Å². The molecular formula is C11H20N2O2. The molecule has 0 aromatic heterocycles. The summed E-state index contributed by atoms with van der Waals surface area (Å²) in [6.45, 7) is 3.23. The molecule has 0 unspecified atom stereocenters. The zero-order valence-corrected chi connectivity index (χ0v) is 9.58. The number of Topliss-reactive ketones (excluding diaryl/α,β-unsaturated/α-hetero) is 1. The largest absolute Gasteiger partial charge is 0.343 e. The molecule has 1 heterocycles. The maximum atomic E-state index is 11.8. The SMILES string of the molecule is CN[C@@H](CC(=O)N1CCCCC1)C(C)=O. The fourth-order valence-electron chi connectivity index (χ4n) is 1.90. The zero-order chi connectivity index (χ0) is 11.3. The molecule has 1 fully saturated rings. The van der Waals surface area contributed by atoms with Crippen molar-refractivity contribution in [1.82, 2.24) is 10.2 Å². The number of hydrogen-bond donors (Lipinski definition) is 1. The Kier molecular flexibility index (Phi) is 4.75. The average Bonchev–Trinajstić information content (AvgIpc) is 2.26. The molecule has 0 saturated carbocycles. The third kappa shape index (κ3) is 3.63. The lowest BCUT2D eigenvalue weighted by molar-refractivity contribution is -0.134.